The van der Waals surface area contributed by atoms with Gasteiger partial charge >= 0.3 is 5.97 Å². The highest BCUT2D eigenvalue weighted by atomic mass is 35.5. The number of hydrogen-bond acceptors (Lipinski definition) is 6. The maximum Gasteiger partial charge on any atom is 0.340 e. The Morgan fingerprint density at radius 1 is 1.12 bits per heavy atom. The Morgan fingerprint density at radius 2 is 1.81 bits per heavy atom. The van der Waals surface area contributed by atoms with E-state index >= 15 is 0 Å². The van der Waals surface area contributed by atoms with Gasteiger partial charge in [-0.05, 0) is 56.4 Å². The maximum absolute atomic E-state index is 12.9. The molecule has 1 fully saturated rings. The number of hydrogen-bond donors (Lipinski definition) is 1. The number of nitrogens with one attached hydrogen (secondary N) is 1. The van der Waals surface area contributed by atoms with Gasteiger partial charge in [0.2, 0.25) is 10.0 Å². The van der Waals surface area contributed by atoms with E-state index in [-0.39, 0.29) is 15.6 Å². The van der Waals surface area contributed by atoms with Crippen molar-refractivity contribution in [3.8, 4) is 0 Å². The molecule has 1 heterocycles. The minimum Gasteiger partial charge on any atom is -0.449 e. The van der Waals surface area contributed by atoms with Gasteiger partial charge in [0.1, 0.15) is 0 Å². The molecule has 0 spiro atoms. The molecule has 1 N–H and O–H groups in total. The number of amides is 1. The summed E-state index contributed by atoms with van der Waals surface area (Å²) in [6.07, 6.45) is 3.37. The molecule has 0 radical (unpaired) electrons. The number of ether oxygens (including phenoxy) is 1. The molecular formula is C22H25ClN2O5S2. The molecule has 1 aliphatic rings. The summed E-state index contributed by atoms with van der Waals surface area (Å²) in [4.78, 5) is 25.9. The topological polar surface area (TPSA) is 92.8 Å². The molecule has 2 aromatic rings. The van der Waals surface area contributed by atoms with Crippen LogP contribution >= 0.6 is 23.4 Å². The van der Waals surface area contributed by atoms with Crippen LogP contribution in [0, 0.1) is 0 Å². The van der Waals surface area contributed by atoms with E-state index in [1.165, 1.54) is 41.2 Å². The van der Waals surface area contributed by atoms with Crippen molar-refractivity contribution in [2.75, 3.05) is 24.7 Å². The Balaban J connectivity index is 1.73. The van der Waals surface area contributed by atoms with Gasteiger partial charge in [-0.1, -0.05) is 30.2 Å². The summed E-state index contributed by atoms with van der Waals surface area (Å²) in [5.74, 6) is -1.24. The average Bonchev–Trinajstić information content (AvgIpc) is 2.80. The van der Waals surface area contributed by atoms with E-state index in [1.807, 2.05) is 12.3 Å². The molecule has 0 aliphatic carbocycles. The lowest BCUT2D eigenvalue weighted by atomic mass is 10.2. The lowest BCUT2D eigenvalue weighted by molar-refractivity contribution is -0.123. The number of piperidine rings is 1. The van der Waals surface area contributed by atoms with Crippen LogP contribution in [0.1, 0.15) is 36.5 Å². The molecule has 32 heavy (non-hydrogen) atoms. The standard InChI is InChI=1S/C22H25ClN2O5S2/c1-15(30-22(27)17-8-4-5-9-20(17)31-2)21(26)24-19-14-16(10-11-18(19)23)32(28,29)25-12-6-3-7-13-25/h4-5,8-11,14-15H,3,6-7,12-13H2,1-2H3,(H,24,26). The van der Waals surface area contributed by atoms with Crippen molar-refractivity contribution < 1.29 is 22.7 Å². The van der Waals surface area contributed by atoms with Gasteiger partial charge in [0.15, 0.2) is 6.10 Å². The summed E-state index contributed by atoms with van der Waals surface area (Å²) in [7, 11) is -3.68. The van der Waals surface area contributed by atoms with Gasteiger partial charge in [-0.15, -0.1) is 11.8 Å². The highest BCUT2D eigenvalue weighted by molar-refractivity contribution is 7.98. The number of halogens is 1. The van der Waals surface area contributed by atoms with Gasteiger partial charge in [-0.2, -0.15) is 4.31 Å². The molecule has 3 rings (SSSR count). The molecule has 1 aliphatic heterocycles. The van der Waals surface area contributed by atoms with E-state index < -0.39 is 28.0 Å². The van der Waals surface area contributed by atoms with Crippen molar-refractivity contribution >= 4 is 50.9 Å². The maximum atomic E-state index is 12.9. The number of thioether (sulfide) groups is 1. The third-order valence-electron chi connectivity index (χ3n) is 5.13. The quantitative estimate of drug-likeness (QED) is 0.450. The van der Waals surface area contributed by atoms with Crippen molar-refractivity contribution in [2.24, 2.45) is 0 Å². The molecule has 1 atom stereocenters. The number of esters is 1. The number of nitrogens with zero attached hydrogens (tertiary/aromatic N) is 1. The van der Waals surface area contributed by atoms with E-state index in [2.05, 4.69) is 5.32 Å². The predicted molar refractivity (Wildman–Crippen MR) is 126 cm³/mol. The molecule has 1 amide bonds. The third kappa shape index (κ3) is 5.64. The monoisotopic (exact) mass is 496 g/mol. The molecule has 1 unspecified atom stereocenters. The van der Waals surface area contributed by atoms with E-state index in [0.29, 0.717) is 18.7 Å². The molecule has 0 saturated carbocycles. The molecule has 2 aromatic carbocycles. The molecule has 1 saturated heterocycles. The van der Waals surface area contributed by atoms with E-state index in [1.54, 1.807) is 18.2 Å². The molecule has 10 heteroatoms. The summed E-state index contributed by atoms with van der Waals surface area (Å²) in [6, 6.07) is 11.1. The molecular weight excluding hydrogens is 472 g/mol. The van der Waals surface area contributed by atoms with Crippen molar-refractivity contribution in [2.45, 2.75) is 42.1 Å². The lowest BCUT2D eigenvalue weighted by Gasteiger charge is -2.26. The zero-order valence-electron chi connectivity index (χ0n) is 17.8. The fourth-order valence-corrected chi connectivity index (χ4v) is 5.63. The molecule has 172 valence electrons. The van der Waals surface area contributed by atoms with Crippen LogP contribution < -0.4 is 5.32 Å². The lowest BCUT2D eigenvalue weighted by Crippen LogP contribution is -2.35. The van der Waals surface area contributed by atoms with Crippen LogP contribution in [0.2, 0.25) is 5.02 Å². The van der Waals surface area contributed by atoms with E-state index in [4.69, 9.17) is 16.3 Å². The second-order valence-corrected chi connectivity index (χ2v) is 10.5. The number of anilines is 1. The zero-order chi connectivity index (χ0) is 23.3. The summed E-state index contributed by atoms with van der Waals surface area (Å²) in [6.45, 7) is 2.38. The van der Waals surface area contributed by atoms with E-state index in [9.17, 15) is 18.0 Å². The third-order valence-corrected chi connectivity index (χ3v) is 8.15. The van der Waals surface area contributed by atoms with Crippen molar-refractivity contribution in [1.82, 2.24) is 4.31 Å². The normalized spacial score (nSPS) is 15.7. The summed E-state index contributed by atoms with van der Waals surface area (Å²) < 4.78 is 32.6. The fourth-order valence-electron chi connectivity index (χ4n) is 3.34. The number of benzene rings is 2. The largest absolute Gasteiger partial charge is 0.449 e. The first-order chi connectivity index (χ1) is 15.2. The van der Waals surface area contributed by atoms with Crippen LogP contribution in [0.5, 0.6) is 0 Å². The van der Waals surface area contributed by atoms with Gasteiger partial charge in [0, 0.05) is 18.0 Å². The number of rotatable bonds is 7. The van der Waals surface area contributed by atoms with Gasteiger partial charge < -0.3 is 10.1 Å². The highest BCUT2D eigenvalue weighted by Crippen LogP contribution is 2.28. The Morgan fingerprint density at radius 3 is 2.50 bits per heavy atom. The molecule has 7 nitrogen and oxygen atoms in total. The SMILES string of the molecule is CSc1ccccc1C(=O)OC(C)C(=O)Nc1cc(S(=O)(=O)N2CCCCC2)ccc1Cl. The molecule has 0 aromatic heterocycles. The highest BCUT2D eigenvalue weighted by Gasteiger charge is 2.27. The van der Waals surface area contributed by atoms with Crippen LogP contribution in [-0.2, 0) is 19.6 Å². The summed E-state index contributed by atoms with van der Waals surface area (Å²) in [5, 5.41) is 2.76. The average molecular weight is 497 g/mol. The second kappa shape index (κ2) is 10.7. The van der Waals surface area contributed by atoms with Crippen LogP contribution in [0.15, 0.2) is 52.3 Å². The Kier molecular flexibility index (Phi) is 8.21. The first kappa shape index (κ1) is 24.6. The zero-order valence-corrected chi connectivity index (χ0v) is 20.2. The summed E-state index contributed by atoms with van der Waals surface area (Å²) >= 11 is 7.59. The number of sulfonamides is 1. The van der Waals surface area contributed by atoms with Crippen LogP contribution in [0.3, 0.4) is 0 Å². The Bertz CT molecular complexity index is 1100. The second-order valence-electron chi connectivity index (χ2n) is 7.34. The van der Waals surface area contributed by atoms with Crippen LogP contribution in [0.25, 0.3) is 0 Å². The number of carbonyl (C=O) groups is 2. The first-order valence-corrected chi connectivity index (χ1v) is 13.2. The van der Waals surface area contributed by atoms with Crippen molar-refractivity contribution in [1.29, 1.82) is 0 Å². The van der Waals surface area contributed by atoms with Gasteiger partial charge in [0.25, 0.3) is 5.91 Å². The van der Waals surface area contributed by atoms with Crippen LogP contribution in [-0.4, -0.2) is 50.0 Å². The first-order valence-electron chi connectivity index (χ1n) is 10.2. The number of carbonyl (C=O) groups excluding carboxylic acids is 2. The van der Waals surface area contributed by atoms with Gasteiger partial charge in [-0.25, -0.2) is 13.2 Å². The minimum absolute atomic E-state index is 0.0534. The minimum atomic E-state index is -3.68. The van der Waals surface area contributed by atoms with Crippen LogP contribution in [0.4, 0.5) is 5.69 Å². The Hall–Kier alpha value is -2.07. The van der Waals surface area contributed by atoms with Gasteiger partial charge in [0.05, 0.1) is 21.2 Å². The fraction of sp³-hybridized carbons (Fsp3) is 0.364. The van der Waals surface area contributed by atoms with Crippen molar-refractivity contribution in [3.63, 3.8) is 0 Å². The smallest absolute Gasteiger partial charge is 0.340 e. The van der Waals surface area contributed by atoms with Gasteiger partial charge in [-0.3, -0.25) is 4.79 Å². The summed E-state index contributed by atoms with van der Waals surface area (Å²) in [5.41, 5.74) is 0.509. The van der Waals surface area contributed by atoms with E-state index in [0.717, 1.165) is 24.2 Å². The molecule has 0 bridgehead atoms. The predicted octanol–water partition coefficient (Wildman–Crippen LogP) is 4.42. The Labute approximate surface area is 197 Å². The van der Waals surface area contributed by atoms with Crippen molar-refractivity contribution in [3.05, 3.63) is 53.1 Å².